The molecular weight excluding hydrogens is 255 g/mol. The first-order valence-electron chi connectivity index (χ1n) is 5.74. The Bertz CT molecular complexity index is 457. The molecule has 19 heavy (non-hydrogen) atoms. The molecule has 2 N–H and O–H groups in total. The van der Waals surface area contributed by atoms with Gasteiger partial charge in [0.2, 0.25) is 0 Å². The van der Waals surface area contributed by atoms with E-state index in [0.29, 0.717) is 5.56 Å². The van der Waals surface area contributed by atoms with Crippen LogP contribution in [-0.2, 0) is 6.18 Å². The number of alkyl halides is 3. The van der Waals surface area contributed by atoms with Crippen LogP contribution < -0.4 is 5.32 Å². The number of aliphatic hydroxyl groups is 1. The van der Waals surface area contributed by atoms with Gasteiger partial charge in [0.25, 0.3) is 0 Å². The second-order valence-electron chi connectivity index (χ2n) is 4.79. The zero-order valence-electron chi connectivity index (χ0n) is 10.8. The third-order valence-corrected chi connectivity index (χ3v) is 2.72. The van der Waals surface area contributed by atoms with Gasteiger partial charge in [0.05, 0.1) is 17.2 Å². The Labute approximate surface area is 110 Å². The van der Waals surface area contributed by atoms with Gasteiger partial charge in [-0.1, -0.05) is 18.1 Å². The van der Waals surface area contributed by atoms with Crippen molar-refractivity contribution in [2.75, 3.05) is 6.54 Å². The van der Waals surface area contributed by atoms with E-state index in [-0.39, 0.29) is 6.54 Å². The van der Waals surface area contributed by atoms with E-state index in [1.54, 1.807) is 13.8 Å². The van der Waals surface area contributed by atoms with Crippen molar-refractivity contribution in [3.05, 3.63) is 35.4 Å². The molecule has 0 aliphatic heterocycles. The molecule has 1 aromatic rings. The van der Waals surface area contributed by atoms with E-state index in [4.69, 9.17) is 6.42 Å². The summed E-state index contributed by atoms with van der Waals surface area (Å²) in [7, 11) is 0. The van der Waals surface area contributed by atoms with Crippen molar-refractivity contribution < 1.29 is 18.3 Å². The summed E-state index contributed by atoms with van der Waals surface area (Å²) >= 11 is 0. The molecule has 0 spiro atoms. The van der Waals surface area contributed by atoms with Gasteiger partial charge in [-0.25, -0.2) is 0 Å². The number of rotatable bonds is 4. The molecule has 0 radical (unpaired) electrons. The standard InChI is InChI=1S/C14H16F3NO/c1-4-13(2,3)18-9-12(19)10-5-7-11(8-6-10)14(15,16)17/h1,5-8,12,18-19H,9H2,2-3H3. The molecule has 0 saturated carbocycles. The molecule has 0 aliphatic carbocycles. The van der Waals surface area contributed by atoms with Crippen LogP contribution in [0.3, 0.4) is 0 Å². The number of hydrogen-bond acceptors (Lipinski definition) is 2. The summed E-state index contributed by atoms with van der Waals surface area (Å²) in [5.74, 6) is 2.51. The van der Waals surface area contributed by atoms with Gasteiger partial charge in [0.1, 0.15) is 0 Å². The Morgan fingerprint density at radius 3 is 2.21 bits per heavy atom. The quantitative estimate of drug-likeness (QED) is 0.825. The minimum atomic E-state index is -4.37. The highest BCUT2D eigenvalue weighted by atomic mass is 19.4. The van der Waals surface area contributed by atoms with Crippen LogP contribution in [0.15, 0.2) is 24.3 Å². The Balaban J connectivity index is 2.69. The topological polar surface area (TPSA) is 32.3 Å². The minimum absolute atomic E-state index is 0.169. The zero-order valence-corrected chi connectivity index (χ0v) is 10.8. The van der Waals surface area contributed by atoms with Gasteiger partial charge in [-0.15, -0.1) is 6.42 Å². The van der Waals surface area contributed by atoms with Gasteiger partial charge in [0.15, 0.2) is 0 Å². The van der Waals surface area contributed by atoms with Crippen LogP contribution in [0.1, 0.15) is 31.1 Å². The molecule has 5 heteroatoms. The summed E-state index contributed by atoms with van der Waals surface area (Å²) in [6.45, 7) is 3.71. The summed E-state index contributed by atoms with van der Waals surface area (Å²) in [4.78, 5) is 0. The number of terminal acetylenes is 1. The number of hydrogen-bond donors (Lipinski definition) is 2. The molecule has 1 unspecified atom stereocenters. The summed E-state index contributed by atoms with van der Waals surface area (Å²) in [5, 5.41) is 12.8. The summed E-state index contributed by atoms with van der Waals surface area (Å²) in [6.07, 6.45) is 0.00444. The van der Waals surface area contributed by atoms with Crippen molar-refractivity contribution in [1.82, 2.24) is 5.32 Å². The highest BCUT2D eigenvalue weighted by molar-refractivity contribution is 5.26. The highest BCUT2D eigenvalue weighted by Gasteiger charge is 2.30. The van der Waals surface area contributed by atoms with Gasteiger partial charge in [-0.2, -0.15) is 13.2 Å². The normalized spacial score (nSPS) is 13.9. The van der Waals surface area contributed by atoms with Crippen LogP contribution in [-0.4, -0.2) is 17.2 Å². The number of benzene rings is 1. The molecule has 0 heterocycles. The molecule has 0 aromatic heterocycles. The monoisotopic (exact) mass is 271 g/mol. The zero-order chi connectivity index (χ0) is 14.7. The smallest absolute Gasteiger partial charge is 0.387 e. The van der Waals surface area contributed by atoms with Crippen molar-refractivity contribution in [1.29, 1.82) is 0 Å². The fourth-order valence-corrected chi connectivity index (χ4v) is 1.41. The van der Waals surface area contributed by atoms with E-state index >= 15 is 0 Å². The Morgan fingerprint density at radius 1 is 1.26 bits per heavy atom. The molecule has 1 rings (SSSR count). The van der Waals surface area contributed by atoms with Crippen LogP contribution in [0.25, 0.3) is 0 Å². The van der Waals surface area contributed by atoms with Crippen molar-refractivity contribution in [3.63, 3.8) is 0 Å². The molecule has 104 valence electrons. The van der Waals surface area contributed by atoms with E-state index in [2.05, 4.69) is 11.2 Å². The third kappa shape index (κ3) is 4.58. The average molecular weight is 271 g/mol. The average Bonchev–Trinajstić information content (AvgIpc) is 2.35. The Hall–Kier alpha value is -1.51. The molecule has 1 aromatic carbocycles. The highest BCUT2D eigenvalue weighted by Crippen LogP contribution is 2.29. The van der Waals surface area contributed by atoms with Crippen molar-refractivity contribution in [2.45, 2.75) is 31.7 Å². The van der Waals surface area contributed by atoms with Crippen LogP contribution in [0.4, 0.5) is 13.2 Å². The van der Waals surface area contributed by atoms with Crippen LogP contribution in [0.2, 0.25) is 0 Å². The Morgan fingerprint density at radius 2 is 1.79 bits per heavy atom. The molecule has 0 aliphatic rings. The second-order valence-corrected chi connectivity index (χ2v) is 4.79. The SMILES string of the molecule is C#CC(C)(C)NCC(O)c1ccc(C(F)(F)F)cc1. The minimum Gasteiger partial charge on any atom is -0.387 e. The summed E-state index contributed by atoms with van der Waals surface area (Å²) in [6, 6.07) is 4.42. The van der Waals surface area contributed by atoms with E-state index < -0.39 is 23.4 Å². The molecule has 2 nitrogen and oxygen atoms in total. The first-order chi connectivity index (χ1) is 8.65. The van der Waals surface area contributed by atoms with Gasteiger partial charge in [-0.3, -0.25) is 5.32 Å². The van der Waals surface area contributed by atoms with E-state index in [1.165, 1.54) is 12.1 Å². The molecule has 0 fully saturated rings. The van der Waals surface area contributed by atoms with Crippen LogP contribution in [0, 0.1) is 12.3 Å². The fraction of sp³-hybridized carbons (Fsp3) is 0.429. The fourth-order valence-electron chi connectivity index (χ4n) is 1.41. The molecule has 0 amide bonds. The molecule has 1 atom stereocenters. The summed E-state index contributed by atoms with van der Waals surface area (Å²) < 4.78 is 37.1. The van der Waals surface area contributed by atoms with Crippen molar-refractivity contribution in [2.24, 2.45) is 0 Å². The lowest BCUT2D eigenvalue weighted by Crippen LogP contribution is -2.40. The number of nitrogens with one attached hydrogen (secondary N) is 1. The number of β-amino-alcohol motifs (C(OH)–C–C–N with tert-alkyl or cyclic N) is 1. The van der Waals surface area contributed by atoms with Crippen LogP contribution >= 0.6 is 0 Å². The Kier molecular flexibility index (Phi) is 4.61. The molecular formula is C14H16F3NO. The molecule has 0 bridgehead atoms. The maximum Gasteiger partial charge on any atom is 0.416 e. The van der Waals surface area contributed by atoms with E-state index in [0.717, 1.165) is 12.1 Å². The molecule has 0 saturated heterocycles. The lowest BCUT2D eigenvalue weighted by Gasteiger charge is -2.22. The lowest BCUT2D eigenvalue weighted by atomic mass is 10.0. The largest absolute Gasteiger partial charge is 0.416 e. The maximum atomic E-state index is 12.4. The maximum absolute atomic E-state index is 12.4. The van der Waals surface area contributed by atoms with E-state index in [1.807, 2.05) is 0 Å². The summed E-state index contributed by atoms with van der Waals surface area (Å²) in [5.41, 5.74) is -0.902. The van der Waals surface area contributed by atoms with Crippen molar-refractivity contribution >= 4 is 0 Å². The first kappa shape index (κ1) is 15.5. The van der Waals surface area contributed by atoms with Gasteiger partial charge < -0.3 is 5.11 Å². The predicted octanol–water partition coefficient (Wildman–Crippen LogP) is 2.74. The van der Waals surface area contributed by atoms with Gasteiger partial charge in [0, 0.05) is 6.54 Å². The second kappa shape index (κ2) is 5.64. The first-order valence-corrected chi connectivity index (χ1v) is 5.74. The predicted molar refractivity (Wildman–Crippen MR) is 67.3 cm³/mol. The van der Waals surface area contributed by atoms with Crippen LogP contribution in [0.5, 0.6) is 0 Å². The number of halogens is 3. The van der Waals surface area contributed by atoms with Gasteiger partial charge in [-0.05, 0) is 31.5 Å². The third-order valence-electron chi connectivity index (χ3n) is 2.72. The van der Waals surface area contributed by atoms with Crippen molar-refractivity contribution in [3.8, 4) is 12.3 Å². The lowest BCUT2D eigenvalue weighted by molar-refractivity contribution is -0.137. The number of aliphatic hydroxyl groups excluding tert-OH is 1. The van der Waals surface area contributed by atoms with Gasteiger partial charge >= 0.3 is 6.18 Å². The van der Waals surface area contributed by atoms with E-state index in [9.17, 15) is 18.3 Å².